The molecule has 0 fully saturated rings. The molecular weight excluding hydrogens is 469 g/mol. The average molecular weight is 518 g/mol. The number of phosphoric ester groups is 1. The molecule has 0 radical (unpaired) electrons. The summed E-state index contributed by atoms with van der Waals surface area (Å²) in [7, 11) is -4.24. The second-order valence-corrected chi connectivity index (χ2v) is 9.63. The molecule has 0 spiro atoms. The van der Waals surface area contributed by atoms with E-state index in [1.54, 1.807) is 0 Å². The summed E-state index contributed by atoms with van der Waals surface area (Å²) in [6, 6.07) is 0. The van der Waals surface area contributed by atoms with Crippen molar-refractivity contribution in [1.29, 1.82) is 0 Å². The highest BCUT2D eigenvalue weighted by atomic mass is 31.2. The zero-order valence-electron chi connectivity index (χ0n) is 21.8. The zero-order chi connectivity index (χ0) is 26.0. The number of hydrogen-bond acceptors (Lipinski definition) is 7. The molecule has 35 heavy (non-hydrogen) atoms. The number of allylic oxidation sites excluding steroid dienone is 6. The number of esters is 1. The van der Waals surface area contributed by atoms with Crippen molar-refractivity contribution in [1.82, 2.24) is 0 Å². The summed E-state index contributed by atoms with van der Waals surface area (Å²) in [5.74, 6) is -0.378. The minimum Gasteiger partial charge on any atom is -0.457 e. The van der Waals surface area contributed by atoms with Crippen LogP contribution in [0.1, 0.15) is 84.5 Å². The minimum atomic E-state index is -4.24. The van der Waals surface area contributed by atoms with Crippen molar-refractivity contribution < 1.29 is 32.8 Å². The van der Waals surface area contributed by atoms with E-state index < -0.39 is 13.9 Å². The first kappa shape index (κ1) is 33.7. The second kappa shape index (κ2) is 24.4. The molecule has 0 heterocycles. The average Bonchev–Trinajstić information content (AvgIpc) is 2.84. The van der Waals surface area contributed by atoms with Gasteiger partial charge in [-0.15, -0.1) is 0 Å². The van der Waals surface area contributed by atoms with Gasteiger partial charge < -0.3 is 20.1 Å². The summed E-state index contributed by atoms with van der Waals surface area (Å²) in [4.78, 5) is 21.6. The molecule has 9 heteroatoms. The van der Waals surface area contributed by atoms with Gasteiger partial charge in [0.2, 0.25) is 0 Å². The lowest BCUT2D eigenvalue weighted by molar-refractivity contribution is -0.154. The molecule has 0 saturated heterocycles. The minimum absolute atomic E-state index is 0.0945. The summed E-state index contributed by atoms with van der Waals surface area (Å²) in [5, 5.41) is 0. The van der Waals surface area contributed by atoms with E-state index >= 15 is 0 Å². The van der Waals surface area contributed by atoms with Crippen LogP contribution in [0.3, 0.4) is 0 Å². The monoisotopic (exact) mass is 517 g/mol. The van der Waals surface area contributed by atoms with Crippen molar-refractivity contribution >= 4 is 13.8 Å². The van der Waals surface area contributed by atoms with Crippen molar-refractivity contribution in [3.8, 4) is 0 Å². The molecule has 8 nitrogen and oxygen atoms in total. The topological polar surface area (TPSA) is 117 Å². The highest BCUT2D eigenvalue weighted by Gasteiger charge is 2.25. The number of nitrogens with two attached hydrogens (primary N) is 1. The Labute approximate surface area is 212 Å². The number of phosphoric acid groups is 1. The Balaban J connectivity index is 4.04. The maximum atomic E-state index is 12.0. The third kappa shape index (κ3) is 24.2. The van der Waals surface area contributed by atoms with Crippen LogP contribution in [0, 0.1) is 0 Å². The molecule has 2 atom stereocenters. The largest absolute Gasteiger partial charge is 0.472 e. The maximum absolute atomic E-state index is 12.0. The number of hydrogen-bond donors (Lipinski definition) is 2. The normalized spacial score (nSPS) is 14.7. The lowest BCUT2D eigenvalue weighted by Gasteiger charge is -2.20. The highest BCUT2D eigenvalue weighted by molar-refractivity contribution is 7.47. The van der Waals surface area contributed by atoms with E-state index in [4.69, 9.17) is 24.3 Å². The number of ether oxygens (including phenoxy) is 2. The number of rotatable bonds is 24. The highest BCUT2D eigenvalue weighted by Crippen LogP contribution is 2.43. The molecule has 0 bridgehead atoms. The lowest BCUT2D eigenvalue weighted by atomic mass is 10.1. The molecule has 3 N–H and O–H groups in total. The van der Waals surface area contributed by atoms with Crippen LogP contribution in [0.2, 0.25) is 0 Å². The molecule has 0 aliphatic rings. The van der Waals surface area contributed by atoms with E-state index in [0.717, 1.165) is 57.8 Å². The van der Waals surface area contributed by atoms with Crippen LogP contribution in [-0.4, -0.2) is 49.9 Å². The Kier molecular flexibility index (Phi) is 23.5. The van der Waals surface area contributed by atoms with Crippen LogP contribution < -0.4 is 5.73 Å². The quantitative estimate of drug-likeness (QED) is 0.0692. The number of carbonyl (C=O) groups excluding carboxylic acids is 1. The Morgan fingerprint density at radius 3 is 2.26 bits per heavy atom. The van der Waals surface area contributed by atoms with E-state index in [1.165, 1.54) is 0 Å². The Hall–Kier alpha value is -1.28. The standard InChI is InChI=1S/C26H48NO7P/c1-3-5-7-8-9-10-11-12-13-14-15-16-17-18-21-31-23-25(34-26(28)19-6-4-2)24-33-35(29,30)32-22-20-27/h5,7,9-10,12-13,25H,3-4,6,8,11,14-24,27H2,1-2H3,(H,29,30)/b7-5-,10-9-,13-12-. The van der Waals surface area contributed by atoms with Crippen molar-refractivity contribution in [3.05, 3.63) is 36.5 Å². The predicted octanol–water partition coefficient (Wildman–Crippen LogP) is 6.01. The summed E-state index contributed by atoms with van der Waals surface area (Å²) in [5.41, 5.74) is 5.27. The molecule has 0 saturated carbocycles. The van der Waals surface area contributed by atoms with Gasteiger partial charge in [-0.25, -0.2) is 4.57 Å². The molecule has 0 aliphatic carbocycles. The van der Waals surface area contributed by atoms with E-state index in [-0.39, 0.29) is 38.8 Å². The Bertz CT molecular complexity index is 637. The third-order valence-corrected chi connectivity index (χ3v) is 5.81. The van der Waals surface area contributed by atoms with Crippen molar-refractivity contribution in [2.24, 2.45) is 5.73 Å². The second-order valence-electron chi connectivity index (χ2n) is 8.17. The third-order valence-electron chi connectivity index (χ3n) is 4.82. The fraction of sp³-hybridized carbons (Fsp3) is 0.731. The van der Waals surface area contributed by atoms with Gasteiger partial charge in [0.05, 0.1) is 19.8 Å². The zero-order valence-corrected chi connectivity index (χ0v) is 22.7. The van der Waals surface area contributed by atoms with Gasteiger partial charge in [0.15, 0.2) is 0 Å². The van der Waals surface area contributed by atoms with Gasteiger partial charge in [-0.1, -0.05) is 69.6 Å². The Morgan fingerprint density at radius 1 is 0.886 bits per heavy atom. The maximum Gasteiger partial charge on any atom is 0.472 e. The number of carbonyl (C=O) groups is 1. The van der Waals surface area contributed by atoms with E-state index in [0.29, 0.717) is 13.0 Å². The van der Waals surface area contributed by atoms with Gasteiger partial charge in [0.25, 0.3) is 0 Å². The molecule has 0 aromatic heterocycles. The molecule has 204 valence electrons. The van der Waals surface area contributed by atoms with Crippen molar-refractivity contribution in [2.75, 3.05) is 33.0 Å². The molecule has 2 unspecified atom stereocenters. The summed E-state index contributed by atoms with van der Waals surface area (Å²) >= 11 is 0. The van der Waals surface area contributed by atoms with E-state index in [2.05, 4.69) is 43.4 Å². The fourth-order valence-electron chi connectivity index (χ4n) is 2.93. The van der Waals surface area contributed by atoms with Gasteiger partial charge in [-0.3, -0.25) is 13.8 Å². The predicted molar refractivity (Wildman–Crippen MR) is 141 cm³/mol. The first-order valence-corrected chi connectivity index (χ1v) is 14.5. The molecule has 0 aromatic rings. The van der Waals surface area contributed by atoms with Crippen LogP contribution in [0.25, 0.3) is 0 Å². The van der Waals surface area contributed by atoms with Gasteiger partial charge >= 0.3 is 13.8 Å². The SMILES string of the molecule is CC/C=C\C/C=C\C/C=C\CCCCCCOCC(COP(=O)(O)OCCN)OC(=O)CCCC. The summed E-state index contributed by atoms with van der Waals surface area (Å²) in [6.07, 6.45) is 22.6. The number of unbranched alkanes of at least 4 members (excludes halogenated alkanes) is 5. The molecule has 0 rings (SSSR count). The lowest BCUT2D eigenvalue weighted by Crippen LogP contribution is -2.28. The molecular formula is C26H48NO7P. The van der Waals surface area contributed by atoms with Gasteiger partial charge in [0, 0.05) is 19.6 Å². The molecule has 0 amide bonds. The van der Waals surface area contributed by atoms with Crippen LogP contribution in [-0.2, 0) is 27.9 Å². The summed E-state index contributed by atoms with van der Waals surface area (Å²) < 4.78 is 32.5. The van der Waals surface area contributed by atoms with E-state index in [1.807, 2.05) is 6.92 Å². The van der Waals surface area contributed by atoms with Gasteiger partial charge in [0.1, 0.15) is 6.10 Å². The molecule has 0 aromatic carbocycles. The summed E-state index contributed by atoms with van der Waals surface area (Å²) in [6.45, 7) is 4.45. The van der Waals surface area contributed by atoms with Crippen molar-refractivity contribution in [2.45, 2.75) is 90.6 Å². The first-order valence-electron chi connectivity index (χ1n) is 13.0. The van der Waals surface area contributed by atoms with E-state index in [9.17, 15) is 14.3 Å². The van der Waals surface area contributed by atoms with Crippen LogP contribution in [0.15, 0.2) is 36.5 Å². The molecule has 0 aliphatic heterocycles. The first-order chi connectivity index (χ1) is 16.9. The Morgan fingerprint density at radius 2 is 1.57 bits per heavy atom. The van der Waals surface area contributed by atoms with Crippen LogP contribution in [0.4, 0.5) is 0 Å². The van der Waals surface area contributed by atoms with Gasteiger partial charge in [-0.2, -0.15) is 0 Å². The van der Waals surface area contributed by atoms with Crippen LogP contribution in [0.5, 0.6) is 0 Å². The fourth-order valence-corrected chi connectivity index (χ4v) is 3.69. The van der Waals surface area contributed by atoms with Crippen LogP contribution >= 0.6 is 7.82 Å². The van der Waals surface area contributed by atoms with Gasteiger partial charge in [-0.05, 0) is 44.9 Å². The smallest absolute Gasteiger partial charge is 0.457 e. The van der Waals surface area contributed by atoms with Crippen molar-refractivity contribution in [3.63, 3.8) is 0 Å².